The maximum absolute atomic E-state index is 6.00. The van der Waals surface area contributed by atoms with Crippen molar-refractivity contribution in [3.8, 4) is 5.75 Å². The largest absolute Gasteiger partial charge is 0.493 e. The highest BCUT2D eigenvalue weighted by Gasteiger charge is 2.22. The Kier molecular flexibility index (Phi) is 6.81. The fourth-order valence-electron chi connectivity index (χ4n) is 3.24. The van der Waals surface area contributed by atoms with Crippen molar-refractivity contribution < 1.29 is 4.74 Å². The van der Waals surface area contributed by atoms with Gasteiger partial charge in [-0.05, 0) is 31.7 Å². The van der Waals surface area contributed by atoms with Crippen molar-refractivity contribution in [3.05, 3.63) is 42.4 Å². The van der Waals surface area contributed by atoms with Crippen LogP contribution in [0.4, 0.5) is 5.82 Å². The quantitative estimate of drug-likeness (QED) is 0.262. The van der Waals surface area contributed by atoms with Crippen molar-refractivity contribution in [2.75, 3.05) is 31.6 Å². The molecule has 1 fully saturated rings. The zero-order valence-corrected chi connectivity index (χ0v) is 18.1. The zero-order valence-electron chi connectivity index (χ0n) is 18.1. The minimum atomic E-state index is 0.561. The maximum Gasteiger partial charge on any atom is 0.191 e. The van der Waals surface area contributed by atoms with Crippen molar-refractivity contribution in [1.29, 1.82) is 0 Å². The minimum absolute atomic E-state index is 0.561. The van der Waals surface area contributed by atoms with E-state index in [4.69, 9.17) is 9.73 Å². The molecule has 4 rings (SSSR count). The van der Waals surface area contributed by atoms with Crippen molar-refractivity contribution in [3.63, 3.8) is 0 Å². The molecule has 3 aromatic rings. The molecule has 1 aliphatic carbocycles. The molecule has 2 heterocycles. The molecule has 1 saturated carbocycles. The average Bonchev–Trinajstić information content (AvgIpc) is 3.55. The second-order valence-electron chi connectivity index (χ2n) is 7.64. The lowest BCUT2D eigenvalue weighted by Crippen LogP contribution is -2.39. The number of aromatic nitrogens is 4. The van der Waals surface area contributed by atoms with E-state index >= 15 is 0 Å². The van der Waals surface area contributed by atoms with E-state index in [2.05, 4.69) is 44.0 Å². The van der Waals surface area contributed by atoms with E-state index in [1.165, 1.54) is 12.8 Å². The molecule has 0 saturated heterocycles. The standard InChI is InChI=1S/C22H30N8O/c1-3-23-22(26-12-17-6-4-5-7-19(17)31-14-16-8-9-16)25-11-10-24-20-18-13-29-30(2)21(18)28-15-27-20/h4-7,13,15-16H,3,8-12,14H2,1-2H3,(H2,23,25,26)(H,24,27,28). The number of aliphatic imine (C=N–C) groups is 1. The molecule has 9 heteroatoms. The summed E-state index contributed by atoms with van der Waals surface area (Å²) in [7, 11) is 1.87. The fourth-order valence-corrected chi connectivity index (χ4v) is 3.24. The van der Waals surface area contributed by atoms with Crippen LogP contribution in [0, 0.1) is 5.92 Å². The fraction of sp³-hybridized carbons (Fsp3) is 0.455. The van der Waals surface area contributed by atoms with E-state index < -0.39 is 0 Å². The van der Waals surface area contributed by atoms with Crippen LogP contribution in [0.3, 0.4) is 0 Å². The lowest BCUT2D eigenvalue weighted by molar-refractivity contribution is 0.297. The number of hydrogen-bond acceptors (Lipinski definition) is 6. The number of ether oxygens (including phenoxy) is 1. The van der Waals surface area contributed by atoms with E-state index in [-0.39, 0.29) is 0 Å². The van der Waals surface area contributed by atoms with Gasteiger partial charge in [-0.15, -0.1) is 0 Å². The summed E-state index contributed by atoms with van der Waals surface area (Å²) < 4.78 is 7.74. The lowest BCUT2D eigenvalue weighted by Gasteiger charge is -2.13. The highest BCUT2D eigenvalue weighted by molar-refractivity contribution is 5.86. The monoisotopic (exact) mass is 422 g/mol. The summed E-state index contributed by atoms with van der Waals surface area (Å²) in [6.07, 6.45) is 5.89. The molecule has 1 aromatic carbocycles. The molecular formula is C22H30N8O. The molecule has 0 bridgehead atoms. The molecule has 0 radical (unpaired) electrons. The predicted molar refractivity (Wildman–Crippen MR) is 122 cm³/mol. The number of fused-ring (bicyclic) bond motifs is 1. The molecular weight excluding hydrogens is 392 g/mol. The van der Waals surface area contributed by atoms with Crippen molar-refractivity contribution >= 4 is 22.8 Å². The zero-order chi connectivity index (χ0) is 21.5. The first-order valence-corrected chi connectivity index (χ1v) is 10.8. The van der Waals surface area contributed by atoms with Gasteiger partial charge in [0.1, 0.15) is 17.9 Å². The summed E-state index contributed by atoms with van der Waals surface area (Å²) in [4.78, 5) is 13.3. The van der Waals surface area contributed by atoms with Crippen LogP contribution in [0.2, 0.25) is 0 Å². The van der Waals surface area contributed by atoms with E-state index in [1.807, 2.05) is 25.2 Å². The van der Waals surface area contributed by atoms with Gasteiger partial charge < -0.3 is 20.7 Å². The molecule has 31 heavy (non-hydrogen) atoms. The number of para-hydroxylation sites is 1. The SMILES string of the molecule is CCNC(=NCc1ccccc1OCC1CC1)NCCNc1ncnc2c1cnn2C. The van der Waals surface area contributed by atoms with Crippen LogP contribution < -0.4 is 20.7 Å². The number of guanidine groups is 1. The van der Waals surface area contributed by atoms with E-state index in [1.54, 1.807) is 17.2 Å². The number of nitrogens with zero attached hydrogens (tertiary/aromatic N) is 5. The molecule has 3 N–H and O–H groups in total. The van der Waals surface area contributed by atoms with Crippen LogP contribution >= 0.6 is 0 Å². The van der Waals surface area contributed by atoms with Gasteiger partial charge in [-0.25, -0.2) is 15.0 Å². The molecule has 0 spiro atoms. The van der Waals surface area contributed by atoms with Gasteiger partial charge in [0.25, 0.3) is 0 Å². The Bertz CT molecular complexity index is 1030. The summed E-state index contributed by atoms with van der Waals surface area (Å²) in [5.74, 6) is 3.21. The Morgan fingerprint density at radius 1 is 1.19 bits per heavy atom. The highest BCUT2D eigenvalue weighted by Crippen LogP contribution is 2.30. The third kappa shape index (κ3) is 5.62. The number of rotatable bonds is 10. The topological polar surface area (TPSA) is 101 Å². The normalized spacial score (nSPS) is 13.9. The first-order chi connectivity index (χ1) is 15.2. The second-order valence-corrected chi connectivity index (χ2v) is 7.64. The van der Waals surface area contributed by atoms with Crippen LogP contribution in [-0.4, -0.2) is 51.9 Å². The van der Waals surface area contributed by atoms with Gasteiger partial charge in [0.05, 0.1) is 24.7 Å². The van der Waals surface area contributed by atoms with Gasteiger partial charge in [-0.2, -0.15) is 5.10 Å². The number of nitrogens with one attached hydrogen (secondary N) is 3. The van der Waals surface area contributed by atoms with Crippen molar-refractivity contribution in [1.82, 2.24) is 30.4 Å². The Morgan fingerprint density at radius 3 is 2.90 bits per heavy atom. The predicted octanol–water partition coefficient (Wildman–Crippen LogP) is 2.32. The Balaban J connectivity index is 1.31. The van der Waals surface area contributed by atoms with E-state index in [0.29, 0.717) is 19.6 Å². The van der Waals surface area contributed by atoms with Gasteiger partial charge in [-0.3, -0.25) is 4.68 Å². The molecule has 2 aromatic heterocycles. The number of benzene rings is 1. The summed E-state index contributed by atoms with van der Waals surface area (Å²) in [6, 6.07) is 8.14. The van der Waals surface area contributed by atoms with E-state index in [9.17, 15) is 0 Å². The third-order valence-corrected chi connectivity index (χ3v) is 5.14. The highest BCUT2D eigenvalue weighted by atomic mass is 16.5. The molecule has 164 valence electrons. The Labute approximate surface area is 182 Å². The van der Waals surface area contributed by atoms with Gasteiger partial charge in [0, 0.05) is 32.2 Å². The number of anilines is 1. The van der Waals surface area contributed by atoms with Crippen LogP contribution in [0.1, 0.15) is 25.3 Å². The summed E-state index contributed by atoms with van der Waals surface area (Å²) in [6.45, 7) is 5.59. The maximum atomic E-state index is 6.00. The molecule has 0 atom stereocenters. The number of hydrogen-bond donors (Lipinski definition) is 3. The molecule has 9 nitrogen and oxygen atoms in total. The minimum Gasteiger partial charge on any atom is -0.493 e. The van der Waals surface area contributed by atoms with Gasteiger partial charge in [0.2, 0.25) is 0 Å². The smallest absolute Gasteiger partial charge is 0.191 e. The van der Waals surface area contributed by atoms with Crippen molar-refractivity contribution in [2.45, 2.75) is 26.3 Å². The average molecular weight is 423 g/mol. The van der Waals surface area contributed by atoms with Gasteiger partial charge in [0.15, 0.2) is 11.6 Å². The summed E-state index contributed by atoms with van der Waals surface area (Å²) in [5, 5.41) is 15.2. The third-order valence-electron chi connectivity index (χ3n) is 5.14. The number of aryl methyl sites for hydroxylation is 1. The van der Waals surface area contributed by atoms with Gasteiger partial charge >= 0.3 is 0 Å². The molecule has 0 aliphatic heterocycles. The van der Waals surface area contributed by atoms with Gasteiger partial charge in [-0.1, -0.05) is 18.2 Å². The molecule has 0 unspecified atom stereocenters. The Hall–Kier alpha value is -3.36. The lowest BCUT2D eigenvalue weighted by atomic mass is 10.2. The van der Waals surface area contributed by atoms with E-state index in [0.717, 1.165) is 53.2 Å². The van der Waals surface area contributed by atoms with Crippen LogP contribution in [0.5, 0.6) is 5.75 Å². The van der Waals surface area contributed by atoms with Crippen LogP contribution in [0.25, 0.3) is 11.0 Å². The molecule has 0 amide bonds. The van der Waals surface area contributed by atoms with Crippen LogP contribution in [0.15, 0.2) is 41.8 Å². The summed E-state index contributed by atoms with van der Waals surface area (Å²) in [5.41, 5.74) is 1.90. The first kappa shape index (κ1) is 20.9. The Morgan fingerprint density at radius 2 is 2.06 bits per heavy atom. The first-order valence-electron chi connectivity index (χ1n) is 10.8. The second kappa shape index (κ2) is 10.1. The van der Waals surface area contributed by atoms with Crippen LogP contribution in [-0.2, 0) is 13.6 Å². The van der Waals surface area contributed by atoms with Crippen molar-refractivity contribution in [2.24, 2.45) is 18.0 Å². The molecule has 1 aliphatic rings. The summed E-state index contributed by atoms with van der Waals surface area (Å²) >= 11 is 0.